The zero-order valence-electron chi connectivity index (χ0n) is 11.3. The third-order valence-corrected chi connectivity index (χ3v) is 3.30. The topological polar surface area (TPSA) is 105 Å². The molecule has 0 saturated heterocycles. The summed E-state index contributed by atoms with van der Waals surface area (Å²) in [4.78, 5) is 11.7. The van der Waals surface area contributed by atoms with E-state index in [1.54, 1.807) is 0 Å². The number of hydrogen-bond acceptors (Lipinski definition) is 6. The molecule has 0 unspecified atom stereocenters. The highest BCUT2D eigenvalue weighted by Crippen LogP contribution is 2.22. The average molecular weight is 303 g/mol. The number of benzene rings is 1. The molecule has 1 rings (SSSR count). The molecule has 2 N–H and O–H groups in total. The molecule has 0 aromatic heterocycles. The second kappa shape index (κ2) is 7.22. The number of nitrogens with two attached hydrogens (primary N) is 1. The van der Waals surface area contributed by atoms with Crippen LogP contribution in [0, 0.1) is 0 Å². The minimum absolute atomic E-state index is 0.00414. The lowest BCUT2D eigenvalue weighted by Crippen LogP contribution is -2.15. The highest BCUT2D eigenvalue weighted by atomic mass is 32.2. The van der Waals surface area contributed by atoms with Crippen LogP contribution in [-0.2, 0) is 19.5 Å². The quantitative estimate of drug-likeness (QED) is 0.582. The largest absolute Gasteiger partial charge is 0.496 e. The lowest BCUT2D eigenvalue weighted by Gasteiger charge is -2.10. The van der Waals surface area contributed by atoms with Crippen LogP contribution in [0.1, 0.15) is 17.3 Å². The predicted octanol–water partition coefficient (Wildman–Crippen LogP) is 0.536. The second-order valence-corrected chi connectivity index (χ2v) is 5.30. The van der Waals surface area contributed by atoms with Crippen molar-refractivity contribution in [3.63, 3.8) is 0 Å². The minimum atomic E-state index is -3.90. The zero-order chi connectivity index (χ0) is 15.2. The molecule has 0 atom stereocenters. The predicted molar refractivity (Wildman–Crippen MR) is 71.1 cm³/mol. The lowest BCUT2D eigenvalue weighted by atomic mass is 10.2. The van der Waals surface area contributed by atoms with Crippen LogP contribution in [-0.4, -0.2) is 41.3 Å². The fourth-order valence-electron chi connectivity index (χ4n) is 1.44. The van der Waals surface area contributed by atoms with Gasteiger partial charge in [0, 0.05) is 6.61 Å². The van der Waals surface area contributed by atoms with Crippen molar-refractivity contribution in [2.45, 2.75) is 11.8 Å². The Bertz CT molecular complexity index is 569. The molecular weight excluding hydrogens is 286 g/mol. The van der Waals surface area contributed by atoms with Gasteiger partial charge in [0.15, 0.2) is 0 Å². The molecule has 0 aliphatic carbocycles. The van der Waals surface area contributed by atoms with E-state index in [-0.39, 0.29) is 29.4 Å². The van der Waals surface area contributed by atoms with Gasteiger partial charge in [-0.2, -0.15) is 0 Å². The molecule has 0 aliphatic heterocycles. The smallest absolute Gasteiger partial charge is 0.342 e. The Balaban J connectivity index is 2.93. The highest BCUT2D eigenvalue weighted by molar-refractivity contribution is 7.89. The summed E-state index contributed by atoms with van der Waals surface area (Å²) in [5, 5.41) is 5.02. The van der Waals surface area contributed by atoms with Crippen molar-refractivity contribution < 1.29 is 27.4 Å². The van der Waals surface area contributed by atoms with E-state index in [4.69, 9.17) is 19.3 Å². The summed E-state index contributed by atoms with van der Waals surface area (Å²) in [7, 11) is -2.54. The first-order valence-electron chi connectivity index (χ1n) is 5.85. The summed E-state index contributed by atoms with van der Waals surface area (Å²) < 4.78 is 37.5. The number of esters is 1. The van der Waals surface area contributed by atoms with Crippen molar-refractivity contribution in [2.75, 3.05) is 26.9 Å². The van der Waals surface area contributed by atoms with Gasteiger partial charge in [0.2, 0.25) is 10.0 Å². The standard InChI is InChI=1S/C12H17NO6S/c1-3-18-6-7-19-12(14)10-8-9(20(13,15)16)4-5-11(10)17-2/h4-5,8H,3,6-7H2,1-2H3,(H2,13,15,16). The van der Waals surface area contributed by atoms with Crippen molar-refractivity contribution in [1.29, 1.82) is 0 Å². The molecule has 0 spiro atoms. The number of primary sulfonamides is 1. The van der Waals surface area contributed by atoms with E-state index >= 15 is 0 Å². The number of carbonyl (C=O) groups excluding carboxylic acids is 1. The van der Waals surface area contributed by atoms with E-state index in [1.165, 1.54) is 19.2 Å². The van der Waals surface area contributed by atoms with Gasteiger partial charge in [-0.1, -0.05) is 0 Å². The molecule has 0 bridgehead atoms. The van der Waals surface area contributed by atoms with Gasteiger partial charge in [-0.05, 0) is 25.1 Å². The van der Waals surface area contributed by atoms with Crippen LogP contribution in [0.2, 0.25) is 0 Å². The fourth-order valence-corrected chi connectivity index (χ4v) is 1.98. The molecule has 0 amide bonds. The van der Waals surface area contributed by atoms with Crippen LogP contribution < -0.4 is 9.88 Å². The molecule has 8 heteroatoms. The molecule has 0 aliphatic rings. The Labute approximate surface area is 117 Å². The van der Waals surface area contributed by atoms with Crippen molar-refractivity contribution in [3.05, 3.63) is 23.8 Å². The summed E-state index contributed by atoms with van der Waals surface area (Å²) in [5.74, 6) is -0.495. The maximum absolute atomic E-state index is 11.9. The Morgan fingerprint density at radius 3 is 2.55 bits per heavy atom. The Morgan fingerprint density at radius 1 is 1.30 bits per heavy atom. The second-order valence-electron chi connectivity index (χ2n) is 3.74. The zero-order valence-corrected chi connectivity index (χ0v) is 12.1. The van der Waals surface area contributed by atoms with Crippen molar-refractivity contribution in [2.24, 2.45) is 5.14 Å². The number of sulfonamides is 1. The van der Waals surface area contributed by atoms with Crippen molar-refractivity contribution >= 4 is 16.0 Å². The van der Waals surface area contributed by atoms with Crippen LogP contribution in [0.15, 0.2) is 23.1 Å². The maximum atomic E-state index is 11.9. The first-order valence-corrected chi connectivity index (χ1v) is 7.40. The SMILES string of the molecule is CCOCCOC(=O)c1cc(S(N)(=O)=O)ccc1OC. The van der Waals surface area contributed by atoms with Gasteiger partial charge in [0.25, 0.3) is 0 Å². The Hall–Kier alpha value is -1.64. The third kappa shape index (κ3) is 4.48. The van der Waals surface area contributed by atoms with E-state index < -0.39 is 16.0 Å². The maximum Gasteiger partial charge on any atom is 0.342 e. The van der Waals surface area contributed by atoms with Gasteiger partial charge < -0.3 is 14.2 Å². The van der Waals surface area contributed by atoms with Crippen LogP contribution >= 0.6 is 0 Å². The number of hydrogen-bond donors (Lipinski definition) is 1. The van der Waals surface area contributed by atoms with Crippen molar-refractivity contribution in [3.8, 4) is 5.75 Å². The highest BCUT2D eigenvalue weighted by Gasteiger charge is 2.18. The first-order chi connectivity index (χ1) is 9.40. The molecule has 20 heavy (non-hydrogen) atoms. The van der Waals surface area contributed by atoms with Crippen LogP contribution in [0.3, 0.4) is 0 Å². The molecule has 0 fully saturated rings. The van der Waals surface area contributed by atoms with Gasteiger partial charge in [-0.15, -0.1) is 0 Å². The number of methoxy groups -OCH3 is 1. The van der Waals surface area contributed by atoms with Gasteiger partial charge in [0.1, 0.15) is 17.9 Å². The lowest BCUT2D eigenvalue weighted by molar-refractivity contribution is 0.0332. The molecule has 7 nitrogen and oxygen atoms in total. The molecule has 112 valence electrons. The summed E-state index contributed by atoms with van der Waals surface area (Å²) in [5.41, 5.74) is -0.00414. The van der Waals surface area contributed by atoms with Gasteiger partial charge in [-0.25, -0.2) is 18.4 Å². The van der Waals surface area contributed by atoms with E-state index in [1.807, 2.05) is 6.92 Å². The normalized spacial score (nSPS) is 11.2. The van der Waals surface area contributed by atoms with Gasteiger partial charge in [-0.3, -0.25) is 0 Å². The summed E-state index contributed by atoms with van der Waals surface area (Å²) in [6.45, 7) is 2.66. The molecule has 0 saturated carbocycles. The van der Waals surface area contributed by atoms with Gasteiger partial charge in [0.05, 0.1) is 18.6 Å². The molecule has 0 radical (unpaired) electrons. The van der Waals surface area contributed by atoms with Crippen LogP contribution in [0.4, 0.5) is 0 Å². The van der Waals surface area contributed by atoms with E-state index in [2.05, 4.69) is 0 Å². The number of ether oxygens (including phenoxy) is 3. The minimum Gasteiger partial charge on any atom is -0.496 e. The fraction of sp³-hybridized carbons (Fsp3) is 0.417. The van der Waals surface area contributed by atoms with Crippen LogP contribution in [0.25, 0.3) is 0 Å². The van der Waals surface area contributed by atoms with Gasteiger partial charge >= 0.3 is 5.97 Å². The first kappa shape index (κ1) is 16.4. The Morgan fingerprint density at radius 2 is 2.00 bits per heavy atom. The summed E-state index contributed by atoms with van der Waals surface area (Å²) >= 11 is 0. The summed E-state index contributed by atoms with van der Waals surface area (Å²) in [6.07, 6.45) is 0. The molecule has 1 aromatic rings. The van der Waals surface area contributed by atoms with Crippen LogP contribution in [0.5, 0.6) is 5.75 Å². The Kier molecular flexibility index (Phi) is 5.93. The average Bonchev–Trinajstić information content (AvgIpc) is 2.41. The summed E-state index contributed by atoms with van der Waals surface area (Å²) in [6, 6.07) is 3.72. The van der Waals surface area contributed by atoms with E-state index in [9.17, 15) is 13.2 Å². The van der Waals surface area contributed by atoms with Crippen molar-refractivity contribution in [1.82, 2.24) is 0 Å². The molecular formula is C12H17NO6S. The number of carbonyl (C=O) groups is 1. The molecule has 1 aromatic carbocycles. The molecule has 0 heterocycles. The van der Waals surface area contributed by atoms with E-state index in [0.717, 1.165) is 6.07 Å². The van der Waals surface area contributed by atoms with E-state index in [0.29, 0.717) is 6.61 Å². The monoisotopic (exact) mass is 303 g/mol. The third-order valence-electron chi connectivity index (χ3n) is 2.38. The number of rotatable bonds is 7.